The van der Waals surface area contributed by atoms with Gasteiger partial charge in [0.2, 0.25) is 0 Å². The molecule has 1 fully saturated rings. The predicted molar refractivity (Wildman–Crippen MR) is 73.7 cm³/mol. The van der Waals surface area contributed by atoms with Crippen LogP contribution in [-0.4, -0.2) is 12.1 Å². The lowest BCUT2D eigenvalue weighted by molar-refractivity contribution is 0.0191. The fourth-order valence-corrected chi connectivity index (χ4v) is 2.81. The van der Waals surface area contributed by atoms with Gasteiger partial charge in [0.05, 0.1) is 12.7 Å². The molecule has 1 aliphatic rings. The standard InChI is InChI=1S/C14H19BrFNO/c15-12-8-11(16)7-6-10(12)9-18-14-5-3-1-2-4-13(14)17/h6-8,13-14H,1-5,9,17H2. The third-order valence-corrected chi connectivity index (χ3v) is 4.21. The smallest absolute Gasteiger partial charge is 0.124 e. The Balaban J connectivity index is 1.93. The van der Waals surface area contributed by atoms with Crippen LogP contribution in [0.5, 0.6) is 0 Å². The fourth-order valence-electron chi connectivity index (χ4n) is 2.34. The fraction of sp³-hybridized carbons (Fsp3) is 0.571. The van der Waals surface area contributed by atoms with Crippen LogP contribution in [0.2, 0.25) is 0 Å². The molecule has 4 heteroatoms. The molecule has 0 spiro atoms. The number of hydrogen-bond acceptors (Lipinski definition) is 2. The van der Waals surface area contributed by atoms with Crippen LogP contribution < -0.4 is 5.73 Å². The normalized spacial score (nSPS) is 24.8. The second-order valence-electron chi connectivity index (χ2n) is 4.89. The van der Waals surface area contributed by atoms with Crippen LogP contribution in [0.3, 0.4) is 0 Å². The van der Waals surface area contributed by atoms with Crippen molar-refractivity contribution in [2.45, 2.75) is 50.9 Å². The maximum absolute atomic E-state index is 13.0. The molecule has 0 aromatic heterocycles. The lowest BCUT2D eigenvalue weighted by Gasteiger charge is -2.22. The minimum absolute atomic E-state index is 0.129. The molecule has 1 saturated carbocycles. The largest absolute Gasteiger partial charge is 0.372 e. The molecule has 1 aliphatic carbocycles. The van der Waals surface area contributed by atoms with Crippen LogP contribution >= 0.6 is 15.9 Å². The number of ether oxygens (including phenoxy) is 1. The Hall–Kier alpha value is -0.450. The van der Waals surface area contributed by atoms with E-state index in [1.165, 1.54) is 31.4 Å². The van der Waals surface area contributed by atoms with E-state index in [0.717, 1.165) is 22.9 Å². The maximum Gasteiger partial charge on any atom is 0.124 e. The second-order valence-corrected chi connectivity index (χ2v) is 5.74. The van der Waals surface area contributed by atoms with E-state index in [-0.39, 0.29) is 18.0 Å². The van der Waals surface area contributed by atoms with Crippen LogP contribution in [0.15, 0.2) is 22.7 Å². The number of benzene rings is 1. The number of rotatable bonds is 3. The van der Waals surface area contributed by atoms with E-state index in [4.69, 9.17) is 10.5 Å². The summed E-state index contributed by atoms with van der Waals surface area (Å²) in [5, 5.41) is 0. The van der Waals surface area contributed by atoms with Crippen molar-refractivity contribution in [3.8, 4) is 0 Å². The molecule has 2 rings (SSSR count). The van der Waals surface area contributed by atoms with Crippen molar-refractivity contribution in [1.82, 2.24) is 0 Å². The van der Waals surface area contributed by atoms with Crippen molar-refractivity contribution in [1.29, 1.82) is 0 Å². The van der Waals surface area contributed by atoms with Crippen LogP contribution in [0.1, 0.15) is 37.7 Å². The zero-order valence-electron chi connectivity index (χ0n) is 10.4. The average molecular weight is 316 g/mol. The summed E-state index contributed by atoms with van der Waals surface area (Å²) in [4.78, 5) is 0. The molecular weight excluding hydrogens is 297 g/mol. The Morgan fingerprint density at radius 3 is 2.83 bits per heavy atom. The third kappa shape index (κ3) is 3.77. The molecule has 2 atom stereocenters. The van der Waals surface area contributed by atoms with Gasteiger partial charge in [0.25, 0.3) is 0 Å². The summed E-state index contributed by atoms with van der Waals surface area (Å²) in [5.74, 6) is -0.239. The molecular formula is C14H19BrFNO. The highest BCUT2D eigenvalue weighted by Crippen LogP contribution is 2.23. The van der Waals surface area contributed by atoms with Gasteiger partial charge in [0.1, 0.15) is 5.82 Å². The molecule has 2 unspecified atom stereocenters. The van der Waals surface area contributed by atoms with Crippen LogP contribution in [-0.2, 0) is 11.3 Å². The first-order valence-corrected chi connectivity index (χ1v) is 7.27. The first kappa shape index (κ1) is 14.0. The van der Waals surface area contributed by atoms with E-state index in [9.17, 15) is 4.39 Å². The highest BCUT2D eigenvalue weighted by atomic mass is 79.9. The number of halogens is 2. The molecule has 1 aromatic rings. The molecule has 0 heterocycles. The summed E-state index contributed by atoms with van der Waals surface area (Å²) < 4.78 is 19.6. The topological polar surface area (TPSA) is 35.2 Å². The molecule has 100 valence electrons. The van der Waals surface area contributed by atoms with Gasteiger partial charge in [-0.2, -0.15) is 0 Å². The van der Waals surface area contributed by atoms with Crippen molar-refractivity contribution < 1.29 is 9.13 Å². The quantitative estimate of drug-likeness (QED) is 0.862. The predicted octanol–water partition coefficient (Wildman–Crippen LogP) is 3.76. The highest BCUT2D eigenvalue weighted by Gasteiger charge is 2.21. The molecule has 0 saturated heterocycles. The average Bonchev–Trinajstić information content (AvgIpc) is 2.53. The minimum atomic E-state index is -0.239. The van der Waals surface area contributed by atoms with E-state index in [0.29, 0.717) is 6.61 Å². The lowest BCUT2D eigenvalue weighted by Crippen LogP contribution is -2.35. The van der Waals surface area contributed by atoms with Gasteiger partial charge in [0, 0.05) is 10.5 Å². The van der Waals surface area contributed by atoms with E-state index in [1.807, 2.05) is 0 Å². The first-order valence-electron chi connectivity index (χ1n) is 6.48. The third-order valence-electron chi connectivity index (χ3n) is 3.47. The second kappa shape index (κ2) is 6.64. The summed E-state index contributed by atoms with van der Waals surface area (Å²) in [6.45, 7) is 0.485. The van der Waals surface area contributed by atoms with Gasteiger partial charge in [-0.3, -0.25) is 0 Å². The summed E-state index contributed by atoms with van der Waals surface area (Å²) >= 11 is 3.35. The van der Waals surface area contributed by atoms with E-state index >= 15 is 0 Å². The van der Waals surface area contributed by atoms with Gasteiger partial charge >= 0.3 is 0 Å². The summed E-state index contributed by atoms with van der Waals surface area (Å²) in [5.41, 5.74) is 7.07. The SMILES string of the molecule is NC1CCCCCC1OCc1ccc(F)cc1Br. The van der Waals surface area contributed by atoms with Gasteiger partial charge in [-0.05, 0) is 30.5 Å². The molecule has 18 heavy (non-hydrogen) atoms. The number of hydrogen-bond donors (Lipinski definition) is 1. The maximum atomic E-state index is 13.0. The Kier molecular flexibility index (Phi) is 5.15. The van der Waals surface area contributed by atoms with Crippen LogP contribution in [0.4, 0.5) is 4.39 Å². The zero-order valence-corrected chi connectivity index (χ0v) is 12.0. The molecule has 0 bridgehead atoms. The molecule has 2 N–H and O–H groups in total. The minimum Gasteiger partial charge on any atom is -0.372 e. The lowest BCUT2D eigenvalue weighted by atomic mass is 10.1. The van der Waals surface area contributed by atoms with E-state index in [2.05, 4.69) is 15.9 Å². The van der Waals surface area contributed by atoms with Crippen molar-refractivity contribution in [3.63, 3.8) is 0 Å². The molecule has 0 radical (unpaired) electrons. The Labute approximate surface area is 116 Å². The Morgan fingerprint density at radius 1 is 1.28 bits per heavy atom. The Morgan fingerprint density at radius 2 is 2.06 bits per heavy atom. The summed E-state index contributed by atoms with van der Waals surface area (Å²) in [7, 11) is 0. The zero-order chi connectivity index (χ0) is 13.0. The molecule has 2 nitrogen and oxygen atoms in total. The number of nitrogens with two attached hydrogens (primary N) is 1. The van der Waals surface area contributed by atoms with Gasteiger partial charge in [-0.15, -0.1) is 0 Å². The van der Waals surface area contributed by atoms with Crippen molar-refractivity contribution in [3.05, 3.63) is 34.1 Å². The van der Waals surface area contributed by atoms with E-state index < -0.39 is 0 Å². The molecule has 0 aliphatic heterocycles. The van der Waals surface area contributed by atoms with Crippen molar-refractivity contribution >= 4 is 15.9 Å². The highest BCUT2D eigenvalue weighted by molar-refractivity contribution is 9.10. The van der Waals surface area contributed by atoms with Crippen LogP contribution in [0.25, 0.3) is 0 Å². The van der Waals surface area contributed by atoms with Crippen LogP contribution in [0, 0.1) is 5.82 Å². The molecule has 0 amide bonds. The monoisotopic (exact) mass is 315 g/mol. The summed E-state index contributed by atoms with van der Waals surface area (Å²) in [6, 6.07) is 4.80. The van der Waals surface area contributed by atoms with Crippen molar-refractivity contribution in [2.24, 2.45) is 5.73 Å². The summed E-state index contributed by atoms with van der Waals surface area (Å²) in [6.07, 6.45) is 5.82. The van der Waals surface area contributed by atoms with Gasteiger partial charge < -0.3 is 10.5 Å². The van der Waals surface area contributed by atoms with E-state index in [1.54, 1.807) is 6.07 Å². The molecule has 1 aromatic carbocycles. The van der Waals surface area contributed by atoms with Gasteiger partial charge in [-0.1, -0.05) is 41.3 Å². The van der Waals surface area contributed by atoms with Gasteiger partial charge in [-0.25, -0.2) is 4.39 Å². The van der Waals surface area contributed by atoms with Crippen molar-refractivity contribution in [2.75, 3.05) is 0 Å². The Bertz CT molecular complexity index is 399. The van der Waals surface area contributed by atoms with Gasteiger partial charge in [0.15, 0.2) is 0 Å². The first-order chi connectivity index (χ1) is 8.66.